The molecule has 0 aromatic heterocycles. The molecule has 2 atom stereocenters. The number of azo groups is 2. The number of anilines is 2. The van der Waals surface area contributed by atoms with Crippen molar-refractivity contribution in [2.24, 2.45) is 20.5 Å². The summed E-state index contributed by atoms with van der Waals surface area (Å²) in [7, 11) is 3.38. The van der Waals surface area contributed by atoms with Crippen molar-refractivity contribution in [3.63, 3.8) is 0 Å². The minimum atomic E-state index is -1.70. The predicted molar refractivity (Wildman–Crippen MR) is 176 cm³/mol. The number of methoxy groups -OCH3 is 3. The first kappa shape index (κ1) is 38.5. The van der Waals surface area contributed by atoms with Crippen molar-refractivity contribution < 1.29 is 57.7 Å². The van der Waals surface area contributed by atoms with Crippen LogP contribution in [0.5, 0.6) is 0 Å². The van der Waals surface area contributed by atoms with E-state index in [-0.39, 0.29) is 45.0 Å². The zero-order chi connectivity index (χ0) is 37.8. The summed E-state index contributed by atoms with van der Waals surface area (Å²) in [4.78, 5) is 98.2. The molecule has 3 N–H and O–H groups in total. The van der Waals surface area contributed by atoms with Gasteiger partial charge in [0, 0.05) is 11.4 Å². The van der Waals surface area contributed by atoms with Gasteiger partial charge in [-0.25, -0.2) is 19.2 Å². The predicted octanol–water partition coefficient (Wildman–Crippen LogP) is 4.10. The Bertz CT molecular complexity index is 1960. The number of nitrogens with zero attached hydrogens (tertiary/aromatic N) is 4. The maximum atomic E-state index is 13.0. The largest absolute Gasteiger partial charge is 0.478 e. The molecule has 0 radical (unpaired) electrons. The highest BCUT2D eigenvalue weighted by Crippen LogP contribution is 2.25. The number of carboxylic acid groups (broad SMARTS) is 1. The molecule has 264 valence electrons. The zero-order valence-electron chi connectivity index (χ0n) is 27.7. The molecule has 0 heterocycles. The molecule has 0 aliphatic rings. The number of ether oxygens (including phenoxy) is 3. The van der Waals surface area contributed by atoms with Gasteiger partial charge < -0.3 is 30.0 Å². The van der Waals surface area contributed by atoms with E-state index in [1.165, 1.54) is 42.5 Å². The molecule has 0 bridgehead atoms. The number of nitrogens with one attached hydrogen (secondary N) is 2. The molecule has 0 aliphatic carbocycles. The quantitative estimate of drug-likeness (QED) is 0.0928. The standard InChI is InChI=1S/C33H30N6O12/c1-16(40)26(38-36-24-14-18(30(44)45)6-12-22(24)32(47)50-4)28(42)34-20-8-10-21(11-9-20)35-29(43)27(17(2)41)39-37-25-15-19(31(46)49-3)7-13-23(25)33(48)51-5/h6-15,26-27H,1-5H3,(H,34,42)(H,35,43)(H,44,45). The molecule has 2 unspecified atom stereocenters. The SMILES string of the molecule is COC(=O)c1ccc(C(=O)OC)c(N=NC(C(C)=O)C(=O)Nc2ccc(NC(=O)C(N=Nc3cc(C(=O)O)ccc3C(=O)OC)C(C)=O)cc2)c1. The van der Waals surface area contributed by atoms with Crippen LogP contribution in [0.3, 0.4) is 0 Å². The van der Waals surface area contributed by atoms with Crippen molar-refractivity contribution >= 4 is 70.0 Å². The third-order valence-corrected chi connectivity index (χ3v) is 6.72. The molecule has 3 aromatic carbocycles. The Balaban J connectivity index is 1.77. The van der Waals surface area contributed by atoms with E-state index in [1.807, 2.05) is 0 Å². The minimum absolute atomic E-state index is 0.0195. The van der Waals surface area contributed by atoms with E-state index in [2.05, 4.69) is 40.6 Å². The molecule has 3 aromatic rings. The summed E-state index contributed by atoms with van der Waals surface area (Å²) < 4.78 is 14.0. The van der Waals surface area contributed by atoms with E-state index in [0.717, 1.165) is 53.4 Å². The highest BCUT2D eigenvalue weighted by Gasteiger charge is 2.26. The number of rotatable bonds is 14. The first-order valence-corrected chi connectivity index (χ1v) is 14.5. The van der Waals surface area contributed by atoms with Gasteiger partial charge in [0.15, 0.2) is 11.6 Å². The second kappa shape index (κ2) is 17.4. The van der Waals surface area contributed by atoms with Gasteiger partial charge in [0.1, 0.15) is 11.4 Å². The summed E-state index contributed by atoms with van der Waals surface area (Å²) in [5, 5.41) is 29.4. The monoisotopic (exact) mass is 702 g/mol. The van der Waals surface area contributed by atoms with Crippen molar-refractivity contribution in [2.45, 2.75) is 25.9 Å². The molecule has 18 heteroatoms. The molecule has 0 aliphatic heterocycles. The van der Waals surface area contributed by atoms with Gasteiger partial charge in [-0.1, -0.05) is 0 Å². The van der Waals surface area contributed by atoms with Crippen LogP contribution in [0.1, 0.15) is 55.3 Å². The summed E-state index contributed by atoms with van der Waals surface area (Å²) in [6.45, 7) is 2.17. The fourth-order valence-electron chi connectivity index (χ4n) is 4.11. The Morgan fingerprint density at radius 3 is 1.29 bits per heavy atom. The number of benzene rings is 3. The summed E-state index contributed by atoms with van der Waals surface area (Å²) in [6, 6.07) is 9.13. The first-order valence-electron chi connectivity index (χ1n) is 14.5. The van der Waals surface area contributed by atoms with Crippen molar-refractivity contribution in [1.82, 2.24) is 0 Å². The van der Waals surface area contributed by atoms with Gasteiger partial charge in [-0.05, 0) is 74.5 Å². The Labute approximate surface area is 288 Å². The van der Waals surface area contributed by atoms with E-state index in [4.69, 9.17) is 4.74 Å². The number of ketones is 2. The summed E-state index contributed by atoms with van der Waals surface area (Å²) in [5.74, 6) is -6.97. The molecule has 3 rings (SSSR count). The third-order valence-electron chi connectivity index (χ3n) is 6.72. The van der Waals surface area contributed by atoms with Crippen molar-refractivity contribution in [3.05, 3.63) is 82.9 Å². The highest BCUT2D eigenvalue weighted by molar-refractivity contribution is 6.11. The number of carboxylic acids is 1. The number of carbonyl (C=O) groups is 8. The van der Waals surface area contributed by atoms with E-state index in [0.29, 0.717) is 0 Å². The third kappa shape index (κ3) is 10.0. The molecule has 0 saturated carbocycles. The van der Waals surface area contributed by atoms with E-state index in [9.17, 15) is 43.5 Å². The lowest BCUT2D eigenvalue weighted by Gasteiger charge is -2.12. The van der Waals surface area contributed by atoms with Crippen LogP contribution in [-0.2, 0) is 33.4 Å². The number of carbonyl (C=O) groups excluding carboxylic acids is 7. The van der Waals surface area contributed by atoms with Crippen LogP contribution in [0.25, 0.3) is 0 Å². The fraction of sp³-hybridized carbons (Fsp3) is 0.212. The second-order valence-electron chi connectivity index (χ2n) is 10.3. The summed E-state index contributed by atoms with van der Waals surface area (Å²) >= 11 is 0. The topological polar surface area (TPSA) is 258 Å². The molecule has 2 amide bonds. The zero-order valence-corrected chi connectivity index (χ0v) is 27.7. The molecule has 0 fully saturated rings. The number of hydrogen-bond donors (Lipinski definition) is 3. The number of aromatic carboxylic acids is 1. The van der Waals surface area contributed by atoms with Crippen LogP contribution in [-0.4, -0.2) is 85.8 Å². The van der Waals surface area contributed by atoms with Crippen LogP contribution >= 0.6 is 0 Å². The minimum Gasteiger partial charge on any atom is -0.478 e. The van der Waals surface area contributed by atoms with Crippen LogP contribution in [0.15, 0.2) is 81.1 Å². The maximum absolute atomic E-state index is 13.0. The van der Waals surface area contributed by atoms with Gasteiger partial charge in [-0.15, -0.1) is 0 Å². The molecule has 18 nitrogen and oxygen atoms in total. The summed E-state index contributed by atoms with van der Waals surface area (Å²) in [6.07, 6.45) is 0. The molecule has 0 saturated heterocycles. The van der Waals surface area contributed by atoms with E-state index in [1.54, 1.807) is 0 Å². The average molecular weight is 703 g/mol. The normalized spacial score (nSPS) is 12.0. The van der Waals surface area contributed by atoms with Gasteiger partial charge in [-0.3, -0.25) is 19.2 Å². The summed E-state index contributed by atoms with van der Waals surface area (Å²) in [5.41, 5.74) is -0.549. The van der Waals surface area contributed by atoms with Crippen molar-refractivity contribution in [3.8, 4) is 0 Å². The Kier molecular flexibility index (Phi) is 13.1. The van der Waals surface area contributed by atoms with Gasteiger partial charge in [0.2, 0.25) is 12.1 Å². The molecule has 0 spiro atoms. The number of amides is 2. The maximum Gasteiger partial charge on any atom is 0.340 e. The van der Waals surface area contributed by atoms with Gasteiger partial charge in [0.25, 0.3) is 11.8 Å². The lowest BCUT2D eigenvalue weighted by Crippen LogP contribution is -2.32. The van der Waals surface area contributed by atoms with Crippen LogP contribution in [0.4, 0.5) is 22.7 Å². The molecule has 51 heavy (non-hydrogen) atoms. The lowest BCUT2D eigenvalue weighted by atomic mass is 10.1. The van der Waals surface area contributed by atoms with E-state index >= 15 is 0 Å². The Hall–Kier alpha value is -6.98. The fourth-order valence-corrected chi connectivity index (χ4v) is 4.11. The van der Waals surface area contributed by atoms with Gasteiger partial charge in [-0.2, -0.15) is 20.5 Å². The number of esters is 3. The van der Waals surface area contributed by atoms with E-state index < -0.39 is 59.3 Å². The van der Waals surface area contributed by atoms with Crippen LogP contribution in [0.2, 0.25) is 0 Å². The van der Waals surface area contributed by atoms with Crippen molar-refractivity contribution in [1.29, 1.82) is 0 Å². The number of Topliss-reactive ketones (excluding diaryl/α,β-unsaturated/α-hetero) is 2. The molecular weight excluding hydrogens is 672 g/mol. The highest BCUT2D eigenvalue weighted by atomic mass is 16.5. The Morgan fingerprint density at radius 2 is 0.941 bits per heavy atom. The molecular formula is C33H30N6O12. The number of hydrogen-bond acceptors (Lipinski definition) is 15. The van der Waals surface area contributed by atoms with Crippen LogP contribution < -0.4 is 10.6 Å². The smallest absolute Gasteiger partial charge is 0.340 e. The Morgan fingerprint density at radius 1 is 0.569 bits per heavy atom. The van der Waals surface area contributed by atoms with Crippen LogP contribution in [0, 0.1) is 0 Å². The average Bonchev–Trinajstić information content (AvgIpc) is 3.11. The lowest BCUT2D eigenvalue weighted by molar-refractivity contribution is -0.127. The first-order chi connectivity index (χ1) is 24.2. The van der Waals surface area contributed by atoms with Gasteiger partial charge >= 0.3 is 23.9 Å². The van der Waals surface area contributed by atoms with Gasteiger partial charge in [0.05, 0.1) is 43.6 Å². The second-order valence-corrected chi connectivity index (χ2v) is 10.3. The van der Waals surface area contributed by atoms with Crippen molar-refractivity contribution in [2.75, 3.05) is 32.0 Å².